The number of piperidine rings is 1. The quantitative estimate of drug-likeness (QED) is 0.650. The number of nitrogens with one attached hydrogen (secondary N) is 1. The van der Waals surface area contributed by atoms with Gasteiger partial charge in [0.15, 0.2) is 0 Å². The van der Waals surface area contributed by atoms with Crippen molar-refractivity contribution in [2.24, 2.45) is 5.92 Å². The SMILES string of the molecule is Cc1cccc(C(C)C)c1NC(=O)C1CCCN(S(=O)(=O)c2ccc(Br)s2)C1. The molecule has 1 aliphatic rings. The van der Waals surface area contributed by atoms with Crippen LogP contribution < -0.4 is 5.32 Å². The molecule has 1 atom stereocenters. The summed E-state index contributed by atoms with van der Waals surface area (Å²) in [6.07, 6.45) is 1.36. The number of halogens is 1. The molecule has 1 aromatic heterocycles. The Bertz CT molecular complexity index is 970. The number of anilines is 1. The zero-order chi connectivity index (χ0) is 20.5. The van der Waals surface area contributed by atoms with Crippen LogP contribution in [0.4, 0.5) is 5.69 Å². The number of carbonyl (C=O) groups excluding carboxylic acids is 1. The zero-order valence-corrected chi connectivity index (χ0v) is 19.5. The van der Waals surface area contributed by atoms with E-state index in [1.807, 2.05) is 25.1 Å². The van der Waals surface area contributed by atoms with Crippen LogP contribution in [0.15, 0.2) is 38.3 Å². The summed E-state index contributed by atoms with van der Waals surface area (Å²) >= 11 is 4.51. The van der Waals surface area contributed by atoms with Gasteiger partial charge in [0, 0.05) is 18.8 Å². The first-order chi connectivity index (χ1) is 13.2. The van der Waals surface area contributed by atoms with Crippen molar-refractivity contribution in [1.82, 2.24) is 4.31 Å². The van der Waals surface area contributed by atoms with Crippen molar-refractivity contribution in [3.63, 3.8) is 0 Å². The number of hydrogen-bond donors (Lipinski definition) is 1. The van der Waals surface area contributed by atoms with Crippen LogP contribution in [0.25, 0.3) is 0 Å². The van der Waals surface area contributed by atoms with Crippen molar-refractivity contribution in [3.8, 4) is 0 Å². The lowest BCUT2D eigenvalue weighted by Gasteiger charge is -2.31. The molecule has 0 radical (unpaired) electrons. The minimum absolute atomic E-state index is 0.108. The first-order valence-electron chi connectivity index (χ1n) is 9.36. The average Bonchev–Trinajstić information content (AvgIpc) is 3.10. The molecule has 2 aromatic rings. The van der Waals surface area contributed by atoms with Crippen molar-refractivity contribution in [1.29, 1.82) is 0 Å². The summed E-state index contributed by atoms with van der Waals surface area (Å²) in [7, 11) is -3.57. The molecule has 1 N–H and O–H groups in total. The Morgan fingerprint density at radius 3 is 2.68 bits per heavy atom. The predicted octanol–water partition coefficient (Wildman–Crippen LogP) is 4.98. The van der Waals surface area contributed by atoms with Gasteiger partial charge in [-0.15, -0.1) is 11.3 Å². The van der Waals surface area contributed by atoms with Crippen LogP contribution in [-0.4, -0.2) is 31.7 Å². The van der Waals surface area contributed by atoms with Crippen molar-refractivity contribution in [2.45, 2.75) is 43.7 Å². The van der Waals surface area contributed by atoms with Gasteiger partial charge in [-0.05, 0) is 64.9 Å². The van der Waals surface area contributed by atoms with Crippen molar-refractivity contribution in [2.75, 3.05) is 18.4 Å². The number of nitrogens with zero attached hydrogens (tertiary/aromatic N) is 1. The lowest BCUT2D eigenvalue weighted by atomic mass is 9.95. The molecule has 3 rings (SSSR count). The van der Waals surface area contributed by atoms with Gasteiger partial charge in [0.25, 0.3) is 10.0 Å². The van der Waals surface area contributed by atoms with E-state index in [-0.39, 0.29) is 24.3 Å². The number of hydrogen-bond acceptors (Lipinski definition) is 4. The summed E-state index contributed by atoms with van der Waals surface area (Å²) in [5, 5.41) is 3.08. The first kappa shape index (κ1) is 21.5. The van der Waals surface area contributed by atoms with Crippen molar-refractivity contribution < 1.29 is 13.2 Å². The summed E-state index contributed by atoms with van der Waals surface area (Å²) in [6, 6.07) is 9.34. The molecule has 1 aromatic carbocycles. The molecule has 8 heteroatoms. The Morgan fingerprint density at radius 1 is 1.29 bits per heavy atom. The van der Waals surface area contributed by atoms with E-state index in [1.165, 1.54) is 15.6 Å². The largest absolute Gasteiger partial charge is 0.325 e. The Morgan fingerprint density at radius 2 is 2.04 bits per heavy atom. The van der Waals surface area contributed by atoms with E-state index < -0.39 is 10.0 Å². The molecule has 0 bridgehead atoms. The second kappa shape index (κ2) is 8.65. The monoisotopic (exact) mass is 484 g/mol. The molecule has 0 spiro atoms. The molecule has 2 heterocycles. The highest BCUT2D eigenvalue weighted by atomic mass is 79.9. The fraction of sp³-hybridized carbons (Fsp3) is 0.450. The maximum atomic E-state index is 13.0. The van der Waals surface area contributed by atoms with Gasteiger partial charge in [0.2, 0.25) is 5.91 Å². The van der Waals surface area contributed by atoms with E-state index in [1.54, 1.807) is 12.1 Å². The summed E-state index contributed by atoms with van der Waals surface area (Å²) < 4.78 is 28.3. The maximum absolute atomic E-state index is 13.0. The Kier molecular flexibility index (Phi) is 6.64. The second-order valence-electron chi connectivity index (χ2n) is 7.44. The summed E-state index contributed by atoms with van der Waals surface area (Å²) in [5.41, 5.74) is 2.96. The molecule has 152 valence electrons. The van der Waals surface area contributed by atoms with Gasteiger partial charge in [0.05, 0.1) is 9.70 Å². The molecular formula is C20H25BrN2O3S2. The first-order valence-corrected chi connectivity index (χ1v) is 12.4. The number of amides is 1. The average molecular weight is 485 g/mol. The number of aryl methyl sites for hydroxylation is 1. The minimum Gasteiger partial charge on any atom is -0.325 e. The molecule has 1 aliphatic heterocycles. The summed E-state index contributed by atoms with van der Waals surface area (Å²) in [4.78, 5) is 13.0. The van der Waals surface area contributed by atoms with Crippen molar-refractivity contribution >= 4 is 48.9 Å². The van der Waals surface area contributed by atoms with Gasteiger partial charge in [-0.2, -0.15) is 4.31 Å². The van der Waals surface area contributed by atoms with Crippen LogP contribution in [0, 0.1) is 12.8 Å². The van der Waals surface area contributed by atoms with E-state index in [4.69, 9.17) is 0 Å². The summed E-state index contributed by atoms with van der Waals surface area (Å²) in [5.74, 6) is -0.175. The highest BCUT2D eigenvalue weighted by Gasteiger charge is 2.34. The number of benzene rings is 1. The van der Waals surface area contributed by atoms with E-state index in [0.717, 1.165) is 20.6 Å². The van der Waals surface area contributed by atoms with E-state index in [0.29, 0.717) is 23.6 Å². The Hall–Kier alpha value is -1.22. The van der Waals surface area contributed by atoms with Crippen molar-refractivity contribution in [3.05, 3.63) is 45.2 Å². The van der Waals surface area contributed by atoms with Crippen LogP contribution in [0.2, 0.25) is 0 Å². The van der Waals surface area contributed by atoms with Crippen LogP contribution in [-0.2, 0) is 14.8 Å². The molecule has 1 fully saturated rings. The standard InChI is InChI=1S/C20H25BrN2O3S2/c1-13(2)16-8-4-6-14(3)19(16)22-20(24)15-7-5-11-23(12-15)28(25,26)18-10-9-17(21)27-18/h4,6,8-10,13,15H,5,7,11-12H2,1-3H3,(H,22,24). The second-order valence-corrected chi connectivity index (χ2v) is 12.1. The van der Waals surface area contributed by atoms with Gasteiger partial charge in [0.1, 0.15) is 4.21 Å². The predicted molar refractivity (Wildman–Crippen MR) is 117 cm³/mol. The number of thiophene rings is 1. The molecule has 5 nitrogen and oxygen atoms in total. The third-order valence-corrected chi connectivity index (χ3v) is 9.03. The lowest BCUT2D eigenvalue weighted by Crippen LogP contribution is -2.43. The minimum atomic E-state index is -3.57. The number of para-hydroxylation sites is 1. The summed E-state index contributed by atoms with van der Waals surface area (Å²) in [6.45, 7) is 6.83. The molecule has 0 aliphatic carbocycles. The fourth-order valence-corrected chi connectivity index (χ4v) is 7.19. The fourth-order valence-electron chi connectivity index (χ4n) is 3.51. The Labute approximate surface area is 179 Å². The van der Waals surface area contributed by atoms with Gasteiger partial charge in [-0.3, -0.25) is 4.79 Å². The van der Waals surface area contributed by atoms with Gasteiger partial charge < -0.3 is 5.32 Å². The molecule has 28 heavy (non-hydrogen) atoms. The molecule has 1 saturated heterocycles. The Balaban J connectivity index is 1.77. The highest BCUT2D eigenvalue weighted by molar-refractivity contribution is 9.11. The van der Waals surface area contributed by atoms with Crippen LogP contribution in [0.5, 0.6) is 0 Å². The lowest BCUT2D eigenvalue weighted by molar-refractivity contribution is -0.120. The molecule has 1 unspecified atom stereocenters. The zero-order valence-electron chi connectivity index (χ0n) is 16.2. The maximum Gasteiger partial charge on any atom is 0.252 e. The van der Waals surface area contributed by atoms with Crippen LogP contribution >= 0.6 is 27.3 Å². The van der Waals surface area contributed by atoms with Gasteiger partial charge in [-0.1, -0.05) is 32.0 Å². The smallest absolute Gasteiger partial charge is 0.252 e. The van der Waals surface area contributed by atoms with E-state index in [9.17, 15) is 13.2 Å². The van der Waals surface area contributed by atoms with Crippen LogP contribution in [0.1, 0.15) is 43.7 Å². The molecule has 1 amide bonds. The third kappa shape index (κ3) is 4.50. The normalized spacial score (nSPS) is 18.4. The van der Waals surface area contributed by atoms with Gasteiger partial charge in [-0.25, -0.2) is 8.42 Å². The van der Waals surface area contributed by atoms with E-state index in [2.05, 4.69) is 35.1 Å². The van der Waals surface area contributed by atoms with Crippen LogP contribution in [0.3, 0.4) is 0 Å². The number of sulfonamides is 1. The third-order valence-electron chi connectivity index (χ3n) is 5.07. The highest BCUT2D eigenvalue weighted by Crippen LogP contribution is 2.32. The van der Waals surface area contributed by atoms with Gasteiger partial charge >= 0.3 is 0 Å². The molecular weight excluding hydrogens is 460 g/mol. The topological polar surface area (TPSA) is 66.5 Å². The number of rotatable bonds is 5. The number of carbonyl (C=O) groups is 1. The molecule has 0 saturated carbocycles. The van der Waals surface area contributed by atoms with E-state index >= 15 is 0 Å².